The van der Waals surface area contributed by atoms with E-state index in [9.17, 15) is 4.79 Å². The lowest BCUT2D eigenvalue weighted by Crippen LogP contribution is -2.35. The zero-order chi connectivity index (χ0) is 13.0. The number of esters is 1. The van der Waals surface area contributed by atoms with Crippen LogP contribution in [0.5, 0.6) is 0 Å². The first-order valence-electron chi connectivity index (χ1n) is 5.57. The van der Waals surface area contributed by atoms with Crippen LogP contribution < -0.4 is 5.73 Å². The van der Waals surface area contributed by atoms with Gasteiger partial charge >= 0.3 is 5.97 Å². The van der Waals surface area contributed by atoms with Crippen LogP contribution in [-0.4, -0.2) is 38.1 Å². The van der Waals surface area contributed by atoms with E-state index in [4.69, 9.17) is 5.73 Å². The number of hydrogen-bond donors (Lipinski definition) is 1. The monoisotopic (exact) mass is 236 g/mol. The molecule has 0 aromatic heterocycles. The fraction of sp³-hybridized carbons (Fsp3) is 0.462. The number of hydrogen-bond acceptors (Lipinski definition) is 4. The third-order valence-electron chi connectivity index (χ3n) is 2.73. The molecule has 0 aliphatic rings. The van der Waals surface area contributed by atoms with Crippen LogP contribution in [0.25, 0.3) is 0 Å². The number of likely N-dealkylation sites (N-methyl/N-ethyl adjacent to an activating group) is 1. The predicted octanol–water partition coefficient (Wildman–Crippen LogP) is 1.42. The van der Waals surface area contributed by atoms with Crippen molar-refractivity contribution in [2.75, 3.05) is 21.2 Å². The summed E-state index contributed by atoms with van der Waals surface area (Å²) in [7, 11) is 5.35. The van der Waals surface area contributed by atoms with Gasteiger partial charge in [0.2, 0.25) is 0 Å². The van der Waals surface area contributed by atoms with Crippen molar-refractivity contribution in [3.63, 3.8) is 0 Å². The van der Waals surface area contributed by atoms with Crippen LogP contribution in [0.3, 0.4) is 0 Å². The van der Waals surface area contributed by atoms with Crippen LogP contribution in [-0.2, 0) is 4.74 Å². The minimum Gasteiger partial charge on any atom is -0.465 e. The van der Waals surface area contributed by atoms with Gasteiger partial charge in [-0.3, -0.25) is 0 Å². The molecule has 0 saturated heterocycles. The molecule has 0 bridgehead atoms. The number of nitrogens with two attached hydrogens (primary N) is 1. The van der Waals surface area contributed by atoms with Gasteiger partial charge in [-0.15, -0.1) is 0 Å². The molecule has 1 rings (SSSR count). The molecule has 0 unspecified atom stereocenters. The number of carbonyl (C=O) groups is 1. The minimum absolute atomic E-state index is 0.0222. The van der Waals surface area contributed by atoms with Gasteiger partial charge in [0.1, 0.15) is 0 Å². The minimum atomic E-state index is -0.321. The summed E-state index contributed by atoms with van der Waals surface area (Å²) in [6.07, 6.45) is 0. The summed E-state index contributed by atoms with van der Waals surface area (Å²) in [5.41, 5.74) is 7.61. The summed E-state index contributed by atoms with van der Waals surface area (Å²) in [4.78, 5) is 13.4. The quantitative estimate of drug-likeness (QED) is 0.803. The molecule has 4 heteroatoms. The number of benzene rings is 1. The molecule has 0 saturated carbocycles. The smallest absolute Gasteiger partial charge is 0.337 e. The first-order chi connectivity index (χ1) is 7.97. The third kappa shape index (κ3) is 3.28. The van der Waals surface area contributed by atoms with E-state index in [0.29, 0.717) is 5.56 Å². The predicted molar refractivity (Wildman–Crippen MR) is 67.9 cm³/mol. The van der Waals surface area contributed by atoms with Crippen molar-refractivity contribution in [3.05, 3.63) is 35.4 Å². The first kappa shape index (κ1) is 13.7. The van der Waals surface area contributed by atoms with E-state index in [-0.39, 0.29) is 18.1 Å². The average molecular weight is 236 g/mol. The van der Waals surface area contributed by atoms with Crippen LogP contribution in [0.4, 0.5) is 0 Å². The molecule has 0 radical (unpaired) electrons. The van der Waals surface area contributed by atoms with Crippen molar-refractivity contribution in [2.45, 2.75) is 19.0 Å². The zero-order valence-electron chi connectivity index (χ0n) is 10.8. The number of carbonyl (C=O) groups excluding carboxylic acids is 1. The Kier molecular flexibility index (Phi) is 4.66. The highest BCUT2D eigenvalue weighted by Crippen LogP contribution is 2.21. The van der Waals surface area contributed by atoms with Crippen molar-refractivity contribution in [1.82, 2.24) is 4.90 Å². The molecule has 2 atom stereocenters. The lowest BCUT2D eigenvalue weighted by atomic mass is 9.99. The summed E-state index contributed by atoms with van der Waals surface area (Å²) in [6, 6.07) is 7.52. The Morgan fingerprint density at radius 2 is 1.82 bits per heavy atom. The fourth-order valence-corrected chi connectivity index (χ4v) is 2.01. The number of nitrogens with zero attached hydrogens (tertiary/aromatic N) is 1. The standard InChI is InChI=1S/C13H20N2O2/c1-9(14)12(15(2)3)10-5-7-11(8-6-10)13(16)17-4/h5-9,12H,14H2,1-4H3/t9-,12+/m0/s1. The molecule has 0 aliphatic carbocycles. The Morgan fingerprint density at radius 3 is 2.18 bits per heavy atom. The van der Waals surface area contributed by atoms with Gasteiger partial charge in [0.25, 0.3) is 0 Å². The Balaban J connectivity index is 2.96. The van der Waals surface area contributed by atoms with E-state index < -0.39 is 0 Å². The molecule has 17 heavy (non-hydrogen) atoms. The molecule has 0 spiro atoms. The maximum Gasteiger partial charge on any atom is 0.337 e. The van der Waals surface area contributed by atoms with Crippen molar-refractivity contribution in [3.8, 4) is 0 Å². The topological polar surface area (TPSA) is 55.6 Å². The molecule has 0 fully saturated rings. The van der Waals surface area contributed by atoms with Crippen LogP contribution >= 0.6 is 0 Å². The Labute approximate surface area is 102 Å². The molecular weight excluding hydrogens is 216 g/mol. The van der Waals surface area contributed by atoms with E-state index in [1.807, 2.05) is 33.2 Å². The van der Waals surface area contributed by atoms with Gasteiger partial charge in [-0.2, -0.15) is 0 Å². The Bertz CT molecular complexity index is 364. The van der Waals surface area contributed by atoms with E-state index in [1.54, 1.807) is 12.1 Å². The second kappa shape index (κ2) is 5.80. The molecule has 2 N–H and O–H groups in total. The Morgan fingerprint density at radius 1 is 1.29 bits per heavy atom. The third-order valence-corrected chi connectivity index (χ3v) is 2.73. The molecule has 0 heterocycles. The lowest BCUT2D eigenvalue weighted by molar-refractivity contribution is 0.0600. The largest absolute Gasteiger partial charge is 0.465 e. The Hall–Kier alpha value is -1.39. The van der Waals surface area contributed by atoms with Crippen molar-refractivity contribution >= 4 is 5.97 Å². The fourth-order valence-electron chi connectivity index (χ4n) is 2.01. The number of methoxy groups -OCH3 is 1. The van der Waals surface area contributed by atoms with Crippen LogP contribution in [0.1, 0.15) is 28.9 Å². The van der Waals surface area contributed by atoms with Gasteiger partial charge in [0, 0.05) is 12.1 Å². The van der Waals surface area contributed by atoms with E-state index in [2.05, 4.69) is 9.64 Å². The highest BCUT2D eigenvalue weighted by molar-refractivity contribution is 5.89. The average Bonchev–Trinajstić information content (AvgIpc) is 2.28. The normalized spacial score (nSPS) is 14.5. The molecule has 94 valence electrons. The maximum atomic E-state index is 11.3. The van der Waals surface area contributed by atoms with Gasteiger partial charge in [0.05, 0.1) is 12.7 Å². The van der Waals surface area contributed by atoms with Gasteiger partial charge in [-0.25, -0.2) is 4.79 Å². The summed E-state index contributed by atoms with van der Waals surface area (Å²) in [6.45, 7) is 1.97. The molecule has 0 aliphatic heterocycles. The second-order valence-corrected chi connectivity index (χ2v) is 4.38. The van der Waals surface area contributed by atoms with E-state index in [1.165, 1.54) is 7.11 Å². The van der Waals surface area contributed by atoms with Crippen LogP contribution in [0.2, 0.25) is 0 Å². The summed E-state index contributed by atoms with van der Waals surface area (Å²) in [5, 5.41) is 0. The van der Waals surface area contributed by atoms with Gasteiger partial charge in [0.15, 0.2) is 0 Å². The second-order valence-electron chi connectivity index (χ2n) is 4.38. The molecular formula is C13H20N2O2. The van der Waals surface area contributed by atoms with Crippen molar-refractivity contribution in [1.29, 1.82) is 0 Å². The molecule has 4 nitrogen and oxygen atoms in total. The molecule has 0 amide bonds. The highest BCUT2D eigenvalue weighted by Gasteiger charge is 2.18. The molecule has 1 aromatic carbocycles. The van der Waals surface area contributed by atoms with Crippen LogP contribution in [0, 0.1) is 0 Å². The SMILES string of the molecule is COC(=O)c1ccc([C@@H]([C@H](C)N)N(C)C)cc1. The summed E-state index contributed by atoms with van der Waals surface area (Å²) in [5.74, 6) is -0.321. The van der Waals surface area contributed by atoms with Crippen LogP contribution in [0.15, 0.2) is 24.3 Å². The number of ether oxygens (including phenoxy) is 1. The number of rotatable bonds is 4. The summed E-state index contributed by atoms with van der Waals surface area (Å²) < 4.78 is 4.66. The zero-order valence-corrected chi connectivity index (χ0v) is 10.8. The van der Waals surface area contributed by atoms with Gasteiger partial charge in [-0.05, 0) is 38.7 Å². The highest BCUT2D eigenvalue weighted by atomic mass is 16.5. The van der Waals surface area contributed by atoms with Crippen molar-refractivity contribution in [2.24, 2.45) is 5.73 Å². The summed E-state index contributed by atoms with van der Waals surface area (Å²) >= 11 is 0. The van der Waals surface area contributed by atoms with Crippen molar-refractivity contribution < 1.29 is 9.53 Å². The first-order valence-corrected chi connectivity index (χ1v) is 5.57. The van der Waals surface area contributed by atoms with E-state index >= 15 is 0 Å². The lowest BCUT2D eigenvalue weighted by Gasteiger charge is -2.28. The van der Waals surface area contributed by atoms with Gasteiger partial charge in [-0.1, -0.05) is 12.1 Å². The molecule has 1 aromatic rings. The maximum absolute atomic E-state index is 11.3. The van der Waals surface area contributed by atoms with E-state index in [0.717, 1.165) is 5.56 Å². The van der Waals surface area contributed by atoms with Gasteiger partial charge < -0.3 is 15.4 Å².